The second-order valence-electron chi connectivity index (χ2n) is 5.58. The number of alkyl halides is 3. The molecule has 0 saturated carbocycles. The molecule has 0 aliphatic carbocycles. The van der Waals surface area contributed by atoms with E-state index in [2.05, 4.69) is 10.6 Å². The van der Waals surface area contributed by atoms with E-state index >= 15 is 0 Å². The fourth-order valence-corrected chi connectivity index (χ4v) is 2.27. The minimum absolute atomic E-state index is 0.0540. The Morgan fingerprint density at radius 1 is 1.04 bits per heavy atom. The minimum atomic E-state index is -4.53. The Morgan fingerprint density at radius 3 is 2.35 bits per heavy atom. The van der Waals surface area contributed by atoms with E-state index in [9.17, 15) is 22.8 Å². The lowest BCUT2D eigenvalue weighted by Crippen LogP contribution is -2.41. The summed E-state index contributed by atoms with van der Waals surface area (Å²) in [6, 6.07) is 12.1. The Kier molecular flexibility index (Phi) is 6.35. The van der Waals surface area contributed by atoms with Crippen molar-refractivity contribution in [2.45, 2.75) is 25.2 Å². The Hall–Kier alpha value is -2.87. The van der Waals surface area contributed by atoms with Crippen molar-refractivity contribution >= 4 is 17.6 Å². The van der Waals surface area contributed by atoms with Crippen molar-refractivity contribution in [2.75, 3.05) is 5.32 Å². The molecule has 1 amide bonds. The van der Waals surface area contributed by atoms with Crippen molar-refractivity contribution in [1.82, 2.24) is 5.32 Å². The number of hydrogen-bond acceptors (Lipinski definition) is 3. The molecule has 0 unspecified atom stereocenters. The Labute approximate surface area is 147 Å². The first-order valence-electron chi connectivity index (χ1n) is 7.73. The number of amides is 1. The van der Waals surface area contributed by atoms with Crippen molar-refractivity contribution in [3.05, 3.63) is 65.7 Å². The zero-order chi connectivity index (χ0) is 19.2. The van der Waals surface area contributed by atoms with Crippen molar-refractivity contribution in [1.29, 1.82) is 0 Å². The van der Waals surface area contributed by atoms with Crippen LogP contribution in [0.15, 0.2) is 54.6 Å². The van der Waals surface area contributed by atoms with Crippen LogP contribution in [0.5, 0.6) is 0 Å². The fraction of sp³-hybridized carbons (Fsp3) is 0.222. The number of aliphatic carboxylic acids is 1. The number of rotatable bonds is 7. The van der Waals surface area contributed by atoms with Gasteiger partial charge in [-0.1, -0.05) is 36.4 Å². The number of carboxylic acids is 1. The van der Waals surface area contributed by atoms with Gasteiger partial charge in [-0.15, -0.1) is 0 Å². The Morgan fingerprint density at radius 2 is 1.73 bits per heavy atom. The molecule has 1 atom stereocenters. The van der Waals surface area contributed by atoms with Crippen LogP contribution in [0.4, 0.5) is 18.9 Å². The van der Waals surface area contributed by atoms with Crippen LogP contribution >= 0.6 is 0 Å². The molecular weight excluding hydrogens is 349 g/mol. The van der Waals surface area contributed by atoms with Gasteiger partial charge in [0.05, 0.1) is 18.0 Å². The van der Waals surface area contributed by atoms with Gasteiger partial charge in [0.25, 0.3) is 0 Å². The van der Waals surface area contributed by atoms with Gasteiger partial charge in [-0.2, -0.15) is 13.2 Å². The summed E-state index contributed by atoms with van der Waals surface area (Å²) in [4.78, 5) is 23.3. The molecule has 5 nitrogen and oxygen atoms in total. The maximum Gasteiger partial charge on any atom is 0.416 e. The lowest BCUT2D eigenvalue weighted by atomic mass is 10.1. The zero-order valence-corrected chi connectivity index (χ0v) is 13.6. The van der Waals surface area contributed by atoms with Gasteiger partial charge in [0.1, 0.15) is 0 Å². The van der Waals surface area contributed by atoms with E-state index in [1.807, 2.05) is 6.07 Å². The van der Waals surface area contributed by atoms with E-state index in [0.29, 0.717) is 0 Å². The number of anilines is 1. The number of benzene rings is 2. The minimum Gasteiger partial charge on any atom is -0.481 e. The summed E-state index contributed by atoms with van der Waals surface area (Å²) < 4.78 is 38.2. The van der Waals surface area contributed by atoms with Crippen LogP contribution < -0.4 is 10.6 Å². The largest absolute Gasteiger partial charge is 0.481 e. The number of carbonyl (C=O) groups excluding carboxylic acids is 1. The average Bonchev–Trinajstić information content (AvgIpc) is 2.58. The van der Waals surface area contributed by atoms with Gasteiger partial charge >= 0.3 is 12.1 Å². The maximum atomic E-state index is 12.7. The van der Waals surface area contributed by atoms with Crippen LogP contribution in [-0.2, 0) is 22.3 Å². The molecule has 0 heterocycles. The van der Waals surface area contributed by atoms with Crippen molar-refractivity contribution in [3.63, 3.8) is 0 Å². The van der Waals surface area contributed by atoms with Crippen LogP contribution in [0.1, 0.15) is 17.5 Å². The molecule has 2 aromatic carbocycles. The van der Waals surface area contributed by atoms with Gasteiger partial charge in [0.2, 0.25) is 5.91 Å². The first-order chi connectivity index (χ1) is 12.3. The van der Waals surface area contributed by atoms with E-state index in [1.165, 1.54) is 12.1 Å². The van der Waals surface area contributed by atoms with E-state index < -0.39 is 36.1 Å². The normalized spacial score (nSPS) is 12.4. The number of nitrogens with one attached hydrogen (secondary N) is 2. The number of halogens is 3. The standard InChI is InChI=1S/C18H17F3N2O3/c19-18(20,21)13-7-4-8-14(9-13)23-17(26)15(10-16(24)25)22-11-12-5-2-1-3-6-12/h1-9,15,22H,10-11H2,(H,23,26)(H,24,25)/t15-/m0/s1. The molecule has 0 saturated heterocycles. The number of carboxylic acid groups (broad SMARTS) is 1. The summed E-state index contributed by atoms with van der Waals surface area (Å²) in [5, 5.41) is 14.1. The molecule has 0 aromatic heterocycles. The van der Waals surface area contributed by atoms with Crippen molar-refractivity contribution in [2.24, 2.45) is 0 Å². The molecule has 0 radical (unpaired) electrons. The van der Waals surface area contributed by atoms with Gasteiger partial charge in [-0.3, -0.25) is 9.59 Å². The van der Waals surface area contributed by atoms with Gasteiger partial charge in [0.15, 0.2) is 0 Å². The summed E-state index contributed by atoms with van der Waals surface area (Å²) in [5.74, 6) is -1.92. The van der Waals surface area contributed by atoms with Crippen LogP contribution in [0.25, 0.3) is 0 Å². The highest BCUT2D eigenvalue weighted by Gasteiger charge is 2.30. The molecule has 3 N–H and O–H groups in total. The highest BCUT2D eigenvalue weighted by molar-refractivity contribution is 5.96. The predicted molar refractivity (Wildman–Crippen MR) is 89.4 cm³/mol. The van der Waals surface area contributed by atoms with Gasteiger partial charge in [0, 0.05) is 12.2 Å². The molecule has 0 aliphatic heterocycles. The average molecular weight is 366 g/mol. The van der Waals surface area contributed by atoms with Crippen LogP contribution in [-0.4, -0.2) is 23.0 Å². The van der Waals surface area contributed by atoms with Crippen LogP contribution in [0.2, 0.25) is 0 Å². The van der Waals surface area contributed by atoms with Crippen LogP contribution in [0, 0.1) is 0 Å². The molecule has 0 fully saturated rings. The topological polar surface area (TPSA) is 78.4 Å². The molecule has 26 heavy (non-hydrogen) atoms. The van der Waals surface area contributed by atoms with Crippen molar-refractivity contribution in [3.8, 4) is 0 Å². The van der Waals surface area contributed by atoms with Gasteiger partial charge in [-0.05, 0) is 23.8 Å². The summed E-state index contributed by atoms with van der Waals surface area (Å²) in [5.41, 5.74) is -0.112. The maximum absolute atomic E-state index is 12.7. The first-order valence-corrected chi connectivity index (χ1v) is 7.73. The lowest BCUT2D eigenvalue weighted by Gasteiger charge is -2.17. The van der Waals surface area contributed by atoms with E-state index in [4.69, 9.17) is 5.11 Å². The molecule has 0 bridgehead atoms. The SMILES string of the molecule is O=C(O)C[C@H](NCc1ccccc1)C(=O)Nc1cccc(C(F)(F)F)c1. The predicted octanol–water partition coefficient (Wildman–Crippen LogP) is 3.28. The second kappa shape index (κ2) is 8.48. The van der Waals surface area contributed by atoms with Gasteiger partial charge < -0.3 is 15.7 Å². The Balaban J connectivity index is 2.07. The molecule has 0 aliphatic rings. The van der Waals surface area contributed by atoms with E-state index in [0.717, 1.165) is 17.7 Å². The Bertz CT molecular complexity index is 764. The van der Waals surface area contributed by atoms with Crippen LogP contribution in [0.3, 0.4) is 0 Å². The van der Waals surface area contributed by atoms with Crippen molar-refractivity contribution < 1.29 is 27.9 Å². The summed E-state index contributed by atoms with van der Waals surface area (Å²) in [6.07, 6.45) is -5.04. The van der Waals surface area contributed by atoms with E-state index in [-0.39, 0.29) is 12.2 Å². The fourth-order valence-electron chi connectivity index (χ4n) is 2.27. The summed E-state index contributed by atoms with van der Waals surface area (Å²) in [6.45, 7) is 0.245. The highest BCUT2D eigenvalue weighted by atomic mass is 19.4. The summed E-state index contributed by atoms with van der Waals surface area (Å²) in [7, 11) is 0. The zero-order valence-electron chi connectivity index (χ0n) is 13.6. The van der Waals surface area contributed by atoms with Gasteiger partial charge in [-0.25, -0.2) is 0 Å². The smallest absolute Gasteiger partial charge is 0.416 e. The molecule has 138 valence electrons. The lowest BCUT2D eigenvalue weighted by molar-refractivity contribution is -0.139. The summed E-state index contributed by atoms with van der Waals surface area (Å²) >= 11 is 0. The number of carbonyl (C=O) groups is 2. The molecule has 0 spiro atoms. The third kappa shape index (κ3) is 5.89. The molecule has 2 rings (SSSR count). The van der Waals surface area contributed by atoms with E-state index in [1.54, 1.807) is 24.3 Å². The number of hydrogen-bond donors (Lipinski definition) is 3. The molecule has 2 aromatic rings. The first kappa shape index (κ1) is 19.5. The quantitative estimate of drug-likeness (QED) is 0.703. The molecule has 8 heteroatoms. The third-order valence-electron chi connectivity index (χ3n) is 3.55. The highest BCUT2D eigenvalue weighted by Crippen LogP contribution is 2.30. The second-order valence-corrected chi connectivity index (χ2v) is 5.58. The third-order valence-corrected chi connectivity index (χ3v) is 3.55. The monoisotopic (exact) mass is 366 g/mol. The molecular formula is C18H17F3N2O3.